The highest BCUT2D eigenvalue weighted by Crippen LogP contribution is 2.24. The Morgan fingerprint density at radius 3 is 1.89 bits per heavy atom. The first-order valence-corrected chi connectivity index (χ1v) is 4.05. The highest BCUT2D eigenvalue weighted by molar-refractivity contribution is 6.18. The molecule has 0 saturated heterocycles. The van der Waals surface area contributed by atoms with Gasteiger partial charge in [-0.1, -0.05) is 27.7 Å². The Labute approximate surface area is 63.6 Å². The Bertz CT molecular complexity index is 71.1. The average Bonchev–Trinajstić information content (AvgIpc) is 1.62. The van der Waals surface area contributed by atoms with Gasteiger partial charge >= 0.3 is 0 Å². The minimum atomic E-state index is 0.439. The van der Waals surface area contributed by atoms with Gasteiger partial charge in [0.25, 0.3) is 0 Å². The van der Waals surface area contributed by atoms with Crippen LogP contribution >= 0.6 is 11.6 Å². The highest BCUT2D eigenvalue weighted by Gasteiger charge is 2.13. The van der Waals surface area contributed by atoms with Crippen molar-refractivity contribution < 1.29 is 0 Å². The quantitative estimate of drug-likeness (QED) is 0.528. The lowest BCUT2D eigenvalue weighted by molar-refractivity contribution is 0.322. The van der Waals surface area contributed by atoms with E-state index < -0.39 is 0 Å². The van der Waals surface area contributed by atoms with Crippen molar-refractivity contribution in [1.82, 2.24) is 0 Å². The molecule has 0 aliphatic heterocycles. The number of hydrogen-bond donors (Lipinski definition) is 0. The SMILES string of the molecule is C[C@@H](CCl)CC(C)(C)C. The molecule has 0 radical (unpaired) electrons. The van der Waals surface area contributed by atoms with Crippen LogP contribution in [0.15, 0.2) is 0 Å². The summed E-state index contributed by atoms with van der Waals surface area (Å²) >= 11 is 5.66. The predicted octanol–water partition coefficient (Wildman–Crippen LogP) is 3.30. The fourth-order valence-electron chi connectivity index (χ4n) is 1.10. The van der Waals surface area contributed by atoms with E-state index in [9.17, 15) is 0 Å². The molecule has 9 heavy (non-hydrogen) atoms. The summed E-state index contributed by atoms with van der Waals surface area (Å²) in [4.78, 5) is 0. The lowest BCUT2D eigenvalue weighted by Crippen LogP contribution is -2.11. The second kappa shape index (κ2) is 3.46. The number of alkyl halides is 1. The number of hydrogen-bond acceptors (Lipinski definition) is 0. The van der Waals surface area contributed by atoms with Gasteiger partial charge in [-0.25, -0.2) is 0 Å². The first-order chi connectivity index (χ1) is 3.95. The Morgan fingerprint density at radius 2 is 1.78 bits per heavy atom. The van der Waals surface area contributed by atoms with Crippen molar-refractivity contribution in [1.29, 1.82) is 0 Å². The van der Waals surface area contributed by atoms with Crippen LogP contribution in [0.1, 0.15) is 34.1 Å². The van der Waals surface area contributed by atoms with Crippen LogP contribution in [0.3, 0.4) is 0 Å². The maximum absolute atomic E-state index is 5.66. The molecule has 0 N–H and O–H groups in total. The van der Waals surface area contributed by atoms with Gasteiger partial charge in [0.15, 0.2) is 0 Å². The van der Waals surface area contributed by atoms with E-state index in [1.165, 1.54) is 6.42 Å². The van der Waals surface area contributed by atoms with Crippen LogP contribution in [0.25, 0.3) is 0 Å². The van der Waals surface area contributed by atoms with Crippen molar-refractivity contribution in [2.45, 2.75) is 34.1 Å². The van der Waals surface area contributed by atoms with Crippen LogP contribution in [-0.2, 0) is 0 Å². The zero-order valence-electron chi connectivity index (χ0n) is 6.87. The second-order valence-corrected chi connectivity index (χ2v) is 4.33. The molecule has 0 aliphatic rings. The first kappa shape index (κ1) is 9.29. The highest BCUT2D eigenvalue weighted by atomic mass is 35.5. The van der Waals surface area contributed by atoms with Crippen molar-refractivity contribution in [2.75, 3.05) is 5.88 Å². The van der Waals surface area contributed by atoms with Crippen molar-refractivity contribution in [3.63, 3.8) is 0 Å². The average molecular weight is 149 g/mol. The fourth-order valence-corrected chi connectivity index (χ4v) is 1.21. The van der Waals surface area contributed by atoms with Crippen molar-refractivity contribution in [2.24, 2.45) is 11.3 Å². The van der Waals surface area contributed by atoms with Gasteiger partial charge in [0.1, 0.15) is 0 Å². The lowest BCUT2D eigenvalue weighted by atomic mass is 9.86. The summed E-state index contributed by atoms with van der Waals surface area (Å²) in [5.41, 5.74) is 0.439. The fraction of sp³-hybridized carbons (Fsp3) is 1.00. The molecular formula is C8H17Cl. The molecule has 0 unspecified atom stereocenters. The van der Waals surface area contributed by atoms with Gasteiger partial charge in [0.05, 0.1) is 0 Å². The molecule has 0 amide bonds. The molecule has 0 saturated carbocycles. The van der Waals surface area contributed by atoms with Gasteiger partial charge in [-0.15, -0.1) is 11.6 Å². The van der Waals surface area contributed by atoms with E-state index in [2.05, 4.69) is 27.7 Å². The van der Waals surface area contributed by atoms with E-state index in [1.807, 2.05) is 0 Å². The van der Waals surface area contributed by atoms with E-state index >= 15 is 0 Å². The minimum Gasteiger partial charge on any atom is -0.126 e. The summed E-state index contributed by atoms with van der Waals surface area (Å²) in [7, 11) is 0. The van der Waals surface area contributed by atoms with Crippen LogP contribution in [0.4, 0.5) is 0 Å². The normalized spacial score (nSPS) is 15.7. The molecular weight excluding hydrogens is 132 g/mol. The van der Waals surface area contributed by atoms with Crippen LogP contribution in [0.2, 0.25) is 0 Å². The predicted molar refractivity (Wildman–Crippen MR) is 44.0 cm³/mol. The van der Waals surface area contributed by atoms with Crippen LogP contribution in [0.5, 0.6) is 0 Å². The van der Waals surface area contributed by atoms with Crippen molar-refractivity contribution in [3.8, 4) is 0 Å². The van der Waals surface area contributed by atoms with E-state index in [4.69, 9.17) is 11.6 Å². The van der Waals surface area contributed by atoms with Gasteiger partial charge in [0.2, 0.25) is 0 Å². The maximum atomic E-state index is 5.66. The summed E-state index contributed by atoms with van der Waals surface area (Å²) in [6.45, 7) is 8.93. The smallest absolute Gasteiger partial charge is 0.0249 e. The molecule has 0 aromatic rings. The first-order valence-electron chi connectivity index (χ1n) is 3.51. The van der Waals surface area contributed by atoms with Gasteiger partial charge in [0, 0.05) is 5.88 Å². The molecule has 56 valence electrons. The third-order valence-corrected chi connectivity index (χ3v) is 1.75. The van der Waals surface area contributed by atoms with E-state index in [0.29, 0.717) is 11.3 Å². The topological polar surface area (TPSA) is 0 Å². The monoisotopic (exact) mass is 148 g/mol. The minimum absolute atomic E-state index is 0.439. The Balaban J connectivity index is 3.47. The van der Waals surface area contributed by atoms with E-state index in [-0.39, 0.29) is 0 Å². The number of rotatable bonds is 2. The molecule has 0 nitrogen and oxygen atoms in total. The number of halogens is 1. The summed E-state index contributed by atoms with van der Waals surface area (Å²) in [6.07, 6.45) is 1.22. The maximum Gasteiger partial charge on any atom is 0.0249 e. The molecule has 0 aromatic heterocycles. The molecule has 0 aliphatic carbocycles. The van der Waals surface area contributed by atoms with Gasteiger partial charge in [-0.2, -0.15) is 0 Å². The summed E-state index contributed by atoms with van der Waals surface area (Å²) in [5, 5.41) is 0. The summed E-state index contributed by atoms with van der Waals surface area (Å²) in [5.74, 6) is 1.45. The van der Waals surface area contributed by atoms with Gasteiger partial charge in [-0.3, -0.25) is 0 Å². The van der Waals surface area contributed by atoms with Crippen LogP contribution in [0, 0.1) is 11.3 Å². The van der Waals surface area contributed by atoms with Crippen molar-refractivity contribution in [3.05, 3.63) is 0 Å². The molecule has 1 heteroatoms. The Hall–Kier alpha value is 0.290. The molecule has 0 heterocycles. The Morgan fingerprint density at radius 1 is 1.33 bits per heavy atom. The lowest BCUT2D eigenvalue weighted by Gasteiger charge is -2.21. The van der Waals surface area contributed by atoms with E-state index in [1.54, 1.807) is 0 Å². The third-order valence-electron chi connectivity index (χ3n) is 1.22. The molecule has 0 bridgehead atoms. The van der Waals surface area contributed by atoms with Crippen LogP contribution < -0.4 is 0 Å². The third kappa shape index (κ3) is 6.17. The molecule has 0 spiro atoms. The van der Waals surface area contributed by atoms with Crippen LogP contribution in [-0.4, -0.2) is 5.88 Å². The standard InChI is InChI=1S/C8H17Cl/c1-7(6-9)5-8(2,3)4/h7H,5-6H2,1-4H3/t7-/m1/s1. The van der Waals surface area contributed by atoms with Crippen molar-refractivity contribution >= 4 is 11.6 Å². The zero-order valence-corrected chi connectivity index (χ0v) is 7.63. The largest absolute Gasteiger partial charge is 0.126 e. The summed E-state index contributed by atoms with van der Waals surface area (Å²) in [6, 6.07) is 0. The zero-order chi connectivity index (χ0) is 7.49. The van der Waals surface area contributed by atoms with Gasteiger partial charge < -0.3 is 0 Å². The summed E-state index contributed by atoms with van der Waals surface area (Å²) < 4.78 is 0. The molecule has 0 aromatic carbocycles. The molecule has 0 rings (SSSR count). The second-order valence-electron chi connectivity index (χ2n) is 4.02. The Kier molecular flexibility index (Phi) is 3.57. The molecule has 0 fully saturated rings. The van der Waals surface area contributed by atoms with E-state index in [0.717, 1.165) is 5.88 Å². The molecule has 1 atom stereocenters. The van der Waals surface area contributed by atoms with Gasteiger partial charge in [-0.05, 0) is 17.8 Å².